The Morgan fingerprint density at radius 1 is 0.258 bits per heavy atom. The Kier molecular flexibility index (Phi) is 7.54. The average molecular weight is 790 g/mol. The molecule has 0 N–H and O–H groups in total. The molecule has 0 amide bonds. The van der Waals surface area contributed by atoms with Gasteiger partial charge in [0.25, 0.3) is 0 Å². The van der Waals surface area contributed by atoms with Gasteiger partial charge >= 0.3 is 0 Å². The van der Waals surface area contributed by atoms with Crippen LogP contribution in [0.3, 0.4) is 0 Å². The maximum Gasteiger partial charge on any atom is 0.164 e. The van der Waals surface area contributed by atoms with Crippen LogP contribution >= 0.6 is 0 Å². The van der Waals surface area contributed by atoms with Crippen molar-refractivity contribution in [3.05, 3.63) is 212 Å². The van der Waals surface area contributed by atoms with Crippen LogP contribution in [-0.2, 0) is 0 Å². The topological polar surface area (TPSA) is 48.5 Å². The first-order valence-electron chi connectivity index (χ1n) is 21.0. The standard InChI is InChI=1S/C57H35N5/c1-2-21-40(22-3-1)61-51-30-13-11-26-46(51)54-47(28-15-31-52(54)61)56-58-55(45-27-14-20-36-16-6-8-23-42(36)45)59-57(60-56)49-35-41(32-39-19-7-9-24-43(39)49)62-50-29-12-10-25-44(50)48-33-37-17-4-5-18-38(37)34-53(48)62/h1-35H. The van der Waals surface area contributed by atoms with E-state index in [-0.39, 0.29) is 0 Å². The number of nitrogens with zero attached hydrogens (tertiary/aromatic N) is 5. The summed E-state index contributed by atoms with van der Waals surface area (Å²) in [6.07, 6.45) is 0. The van der Waals surface area contributed by atoms with Crippen LogP contribution < -0.4 is 0 Å². The summed E-state index contributed by atoms with van der Waals surface area (Å²) in [5.74, 6) is 1.87. The first-order chi connectivity index (χ1) is 30.7. The molecule has 13 rings (SSSR count). The molecule has 10 aromatic carbocycles. The molecule has 0 radical (unpaired) electrons. The van der Waals surface area contributed by atoms with Gasteiger partial charge in [-0.05, 0) is 86.9 Å². The Labute approximate surface area is 356 Å². The number of benzene rings is 10. The van der Waals surface area contributed by atoms with Crippen molar-refractivity contribution >= 4 is 75.9 Å². The van der Waals surface area contributed by atoms with Crippen molar-refractivity contribution in [1.82, 2.24) is 24.1 Å². The minimum atomic E-state index is 0.617. The Morgan fingerprint density at radius 2 is 0.758 bits per heavy atom. The molecule has 62 heavy (non-hydrogen) atoms. The molecule has 5 nitrogen and oxygen atoms in total. The molecule has 0 saturated carbocycles. The Hall–Kier alpha value is -8.41. The van der Waals surface area contributed by atoms with Gasteiger partial charge in [-0.2, -0.15) is 0 Å². The summed E-state index contributed by atoms with van der Waals surface area (Å²) < 4.78 is 4.74. The van der Waals surface area contributed by atoms with Crippen LogP contribution in [0.15, 0.2) is 212 Å². The largest absolute Gasteiger partial charge is 0.309 e. The van der Waals surface area contributed by atoms with E-state index in [0.29, 0.717) is 17.5 Å². The fraction of sp³-hybridized carbons (Fsp3) is 0. The summed E-state index contributed by atoms with van der Waals surface area (Å²) in [5, 5.41) is 11.5. The molecule has 0 unspecified atom stereocenters. The second-order valence-electron chi connectivity index (χ2n) is 16.0. The zero-order valence-electron chi connectivity index (χ0n) is 33.4. The van der Waals surface area contributed by atoms with Gasteiger partial charge in [0, 0.05) is 49.6 Å². The highest BCUT2D eigenvalue weighted by atomic mass is 15.0. The Morgan fingerprint density at radius 3 is 1.53 bits per heavy atom. The zero-order valence-corrected chi connectivity index (χ0v) is 33.4. The molecule has 3 heterocycles. The predicted octanol–water partition coefficient (Wildman–Crippen LogP) is 14.5. The van der Waals surface area contributed by atoms with E-state index in [1.165, 1.54) is 21.5 Å². The molecule has 0 aliphatic rings. The van der Waals surface area contributed by atoms with Crippen molar-refractivity contribution in [2.24, 2.45) is 0 Å². The third kappa shape index (κ3) is 5.25. The third-order valence-electron chi connectivity index (χ3n) is 12.5. The first kappa shape index (κ1) is 34.5. The van der Waals surface area contributed by atoms with Crippen LogP contribution in [0.1, 0.15) is 0 Å². The van der Waals surface area contributed by atoms with Gasteiger partial charge in [0.2, 0.25) is 0 Å². The van der Waals surface area contributed by atoms with Crippen molar-refractivity contribution < 1.29 is 0 Å². The van der Waals surface area contributed by atoms with Crippen molar-refractivity contribution in [3.63, 3.8) is 0 Å². The van der Waals surface area contributed by atoms with Crippen molar-refractivity contribution in [2.75, 3.05) is 0 Å². The van der Waals surface area contributed by atoms with Gasteiger partial charge in [-0.3, -0.25) is 0 Å². The van der Waals surface area contributed by atoms with E-state index in [2.05, 4.69) is 221 Å². The molecule has 13 aromatic rings. The number of aromatic nitrogens is 5. The van der Waals surface area contributed by atoms with Gasteiger partial charge < -0.3 is 9.13 Å². The van der Waals surface area contributed by atoms with Gasteiger partial charge in [-0.25, -0.2) is 15.0 Å². The maximum atomic E-state index is 5.52. The fourth-order valence-electron chi connectivity index (χ4n) is 9.76. The number of rotatable bonds is 5. The monoisotopic (exact) mass is 789 g/mol. The molecule has 0 fully saturated rings. The van der Waals surface area contributed by atoms with Crippen LogP contribution in [0.2, 0.25) is 0 Å². The predicted molar refractivity (Wildman–Crippen MR) is 257 cm³/mol. The lowest BCUT2D eigenvalue weighted by atomic mass is 10.0. The molecular weight excluding hydrogens is 755 g/mol. The highest BCUT2D eigenvalue weighted by Crippen LogP contribution is 2.41. The van der Waals surface area contributed by atoms with E-state index < -0.39 is 0 Å². The summed E-state index contributed by atoms with van der Waals surface area (Å²) >= 11 is 0. The number of fused-ring (bicyclic) bond motifs is 9. The van der Waals surface area contributed by atoms with E-state index in [1.54, 1.807) is 0 Å². The van der Waals surface area contributed by atoms with Crippen molar-refractivity contribution in [1.29, 1.82) is 0 Å². The summed E-state index contributed by atoms with van der Waals surface area (Å²) in [6.45, 7) is 0. The molecule has 0 spiro atoms. The second-order valence-corrected chi connectivity index (χ2v) is 16.0. The molecule has 0 aliphatic heterocycles. The molecule has 5 heteroatoms. The van der Waals surface area contributed by atoms with Gasteiger partial charge in [0.1, 0.15) is 0 Å². The van der Waals surface area contributed by atoms with Gasteiger partial charge in [0.05, 0.1) is 22.1 Å². The lowest BCUT2D eigenvalue weighted by Gasteiger charge is -2.15. The number of hydrogen-bond acceptors (Lipinski definition) is 3. The Bertz CT molecular complexity index is 3930. The van der Waals surface area contributed by atoms with Crippen molar-refractivity contribution in [3.8, 4) is 45.5 Å². The average Bonchev–Trinajstić information content (AvgIpc) is 3.85. The van der Waals surface area contributed by atoms with E-state index in [0.717, 1.165) is 82.4 Å². The van der Waals surface area contributed by atoms with E-state index in [9.17, 15) is 0 Å². The summed E-state index contributed by atoms with van der Waals surface area (Å²) in [6, 6.07) is 75.7. The highest BCUT2D eigenvalue weighted by Gasteiger charge is 2.22. The van der Waals surface area contributed by atoms with E-state index >= 15 is 0 Å². The van der Waals surface area contributed by atoms with Crippen LogP contribution in [0, 0.1) is 0 Å². The van der Waals surface area contributed by atoms with Crippen LogP contribution in [0.5, 0.6) is 0 Å². The van der Waals surface area contributed by atoms with Crippen LogP contribution in [0.4, 0.5) is 0 Å². The van der Waals surface area contributed by atoms with E-state index in [4.69, 9.17) is 15.0 Å². The molecule has 0 bridgehead atoms. The minimum absolute atomic E-state index is 0.617. The normalized spacial score (nSPS) is 11.9. The smallest absolute Gasteiger partial charge is 0.164 e. The molecule has 3 aromatic heterocycles. The Balaban J connectivity index is 1.12. The lowest BCUT2D eigenvalue weighted by molar-refractivity contribution is 1.08. The molecule has 0 saturated heterocycles. The van der Waals surface area contributed by atoms with Crippen LogP contribution in [0.25, 0.3) is 121 Å². The lowest BCUT2D eigenvalue weighted by Crippen LogP contribution is -2.02. The first-order valence-corrected chi connectivity index (χ1v) is 21.0. The zero-order chi connectivity index (χ0) is 40.7. The van der Waals surface area contributed by atoms with Crippen LogP contribution in [-0.4, -0.2) is 24.1 Å². The second kappa shape index (κ2) is 13.6. The fourth-order valence-corrected chi connectivity index (χ4v) is 9.76. The number of para-hydroxylation sites is 3. The quantitative estimate of drug-likeness (QED) is 0.174. The molecule has 0 atom stereocenters. The molecular formula is C57H35N5. The highest BCUT2D eigenvalue weighted by molar-refractivity contribution is 6.16. The molecule has 0 aliphatic carbocycles. The van der Waals surface area contributed by atoms with E-state index in [1.807, 2.05) is 0 Å². The molecule has 288 valence electrons. The number of hydrogen-bond donors (Lipinski definition) is 0. The van der Waals surface area contributed by atoms with Gasteiger partial charge in [0.15, 0.2) is 17.5 Å². The van der Waals surface area contributed by atoms with Gasteiger partial charge in [-0.15, -0.1) is 0 Å². The third-order valence-corrected chi connectivity index (χ3v) is 12.5. The SMILES string of the molecule is c1ccc(-n2c3ccccc3c3c(-c4nc(-c5cccc6ccccc56)nc(-c5cc(-n6c7ccccc7c7cc8ccccc8cc76)cc6ccccc56)n4)cccc32)cc1. The summed E-state index contributed by atoms with van der Waals surface area (Å²) in [4.78, 5) is 16.4. The van der Waals surface area contributed by atoms with Gasteiger partial charge in [-0.1, -0.05) is 158 Å². The summed E-state index contributed by atoms with van der Waals surface area (Å²) in [5.41, 5.74) is 9.52. The minimum Gasteiger partial charge on any atom is -0.309 e. The summed E-state index contributed by atoms with van der Waals surface area (Å²) in [7, 11) is 0. The maximum absolute atomic E-state index is 5.52. The van der Waals surface area contributed by atoms with Crippen molar-refractivity contribution in [2.45, 2.75) is 0 Å².